The second kappa shape index (κ2) is 4.94. The third-order valence-corrected chi connectivity index (χ3v) is 3.42. The first kappa shape index (κ1) is 13.8. The highest BCUT2D eigenvalue weighted by Gasteiger charge is 2.46. The van der Waals surface area contributed by atoms with E-state index in [1.54, 1.807) is 0 Å². The monoisotopic (exact) mass is 242 g/mol. The van der Waals surface area contributed by atoms with E-state index in [1.807, 2.05) is 13.8 Å². The van der Waals surface area contributed by atoms with E-state index in [0.717, 1.165) is 6.42 Å². The van der Waals surface area contributed by atoms with Gasteiger partial charge in [0.1, 0.15) is 0 Å². The summed E-state index contributed by atoms with van der Waals surface area (Å²) in [7, 11) is 0. The number of carboxylic acids is 1. The predicted molar refractivity (Wildman–Crippen MR) is 64.7 cm³/mol. The molecule has 0 aromatic carbocycles. The quantitative estimate of drug-likeness (QED) is 0.682. The van der Waals surface area contributed by atoms with Crippen LogP contribution in [0.1, 0.15) is 34.1 Å². The number of amides is 2. The van der Waals surface area contributed by atoms with Crippen molar-refractivity contribution in [3.63, 3.8) is 0 Å². The van der Waals surface area contributed by atoms with Crippen LogP contribution in [0.5, 0.6) is 0 Å². The lowest BCUT2D eigenvalue weighted by molar-refractivity contribution is -0.142. The number of hydrogen-bond donors (Lipinski definition) is 3. The summed E-state index contributed by atoms with van der Waals surface area (Å²) in [6.07, 6.45) is 0.979. The van der Waals surface area contributed by atoms with E-state index < -0.39 is 11.9 Å². The van der Waals surface area contributed by atoms with E-state index in [0.29, 0.717) is 0 Å². The van der Waals surface area contributed by atoms with Crippen molar-refractivity contribution < 1.29 is 14.7 Å². The maximum atomic E-state index is 11.5. The Morgan fingerprint density at radius 2 is 1.94 bits per heavy atom. The van der Waals surface area contributed by atoms with E-state index in [-0.39, 0.29) is 30.0 Å². The third-order valence-electron chi connectivity index (χ3n) is 3.42. The summed E-state index contributed by atoms with van der Waals surface area (Å²) in [6, 6.07) is -0.0581. The van der Waals surface area contributed by atoms with Crippen molar-refractivity contribution in [3.05, 3.63) is 0 Å². The van der Waals surface area contributed by atoms with Crippen LogP contribution < -0.4 is 10.6 Å². The van der Waals surface area contributed by atoms with Gasteiger partial charge in [-0.2, -0.15) is 0 Å². The maximum absolute atomic E-state index is 11.5. The first-order valence-corrected chi connectivity index (χ1v) is 6.01. The van der Waals surface area contributed by atoms with Gasteiger partial charge in [-0.3, -0.25) is 4.79 Å². The summed E-state index contributed by atoms with van der Waals surface area (Å²) >= 11 is 0. The molecule has 1 aliphatic rings. The number of nitrogens with one attached hydrogen (secondary N) is 2. The predicted octanol–water partition coefficient (Wildman–Crippen LogP) is 1.44. The van der Waals surface area contributed by atoms with Gasteiger partial charge in [0.2, 0.25) is 0 Å². The number of aliphatic carboxylic acids is 1. The number of urea groups is 1. The Bertz CT molecular complexity index is 313. The van der Waals surface area contributed by atoms with Gasteiger partial charge in [-0.25, -0.2) is 4.79 Å². The second-order valence-electron chi connectivity index (χ2n) is 5.79. The van der Waals surface area contributed by atoms with Crippen LogP contribution in [0, 0.1) is 17.3 Å². The standard InChI is InChI=1S/C12H22N2O3/c1-7(2)8(10(15)16)6-13-11(17)14-9-5-12(9,3)4/h7-9H,5-6H2,1-4H3,(H,15,16)(H2,13,14,17). The molecule has 1 saturated carbocycles. The molecule has 0 aliphatic heterocycles. The molecule has 0 radical (unpaired) electrons. The van der Waals surface area contributed by atoms with Crippen LogP contribution in [0.2, 0.25) is 0 Å². The molecule has 2 unspecified atom stereocenters. The van der Waals surface area contributed by atoms with Gasteiger partial charge >= 0.3 is 12.0 Å². The Balaban J connectivity index is 2.30. The molecule has 0 saturated heterocycles. The first-order valence-electron chi connectivity index (χ1n) is 6.01. The molecule has 2 amide bonds. The highest BCUT2D eigenvalue weighted by Crippen LogP contribution is 2.44. The Morgan fingerprint density at radius 3 is 2.29 bits per heavy atom. The molecule has 0 heterocycles. The van der Waals surface area contributed by atoms with Crippen molar-refractivity contribution >= 4 is 12.0 Å². The minimum absolute atomic E-state index is 0.00478. The fraction of sp³-hybridized carbons (Fsp3) is 0.833. The minimum Gasteiger partial charge on any atom is -0.481 e. The summed E-state index contributed by atoms with van der Waals surface area (Å²) in [5.41, 5.74) is 0.182. The molecule has 1 aliphatic carbocycles. The molecule has 98 valence electrons. The zero-order valence-corrected chi connectivity index (χ0v) is 10.9. The molecular weight excluding hydrogens is 220 g/mol. The number of carbonyl (C=O) groups excluding carboxylic acids is 1. The lowest BCUT2D eigenvalue weighted by Crippen LogP contribution is -2.42. The maximum Gasteiger partial charge on any atom is 0.315 e. The summed E-state index contributed by atoms with van der Waals surface area (Å²) < 4.78 is 0. The topological polar surface area (TPSA) is 78.4 Å². The summed E-state index contributed by atoms with van der Waals surface area (Å²) in [5.74, 6) is -1.40. The van der Waals surface area contributed by atoms with Gasteiger partial charge < -0.3 is 15.7 Å². The lowest BCUT2D eigenvalue weighted by Gasteiger charge is -2.17. The first-order chi connectivity index (χ1) is 7.74. The molecule has 2 atom stereocenters. The van der Waals surface area contributed by atoms with Crippen LogP contribution in [0.3, 0.4) is 0 Å². The fourth-order valence-electron chi connectivity index (χ4n) is 1.73. The lowest BCUT2D eigenvalue weighted by atomic mass is 9.96. The van der Waals surface area contributed by atoms with Crippen LogP contribution in [0.25, 0.3) is 0 Å². The Hall–Kier alpha value is -1.26. The molecule has 17 heavy (non-hydrogen) atoms. The molecule has 5 nitrogen and oxygen atoms in total. The number of carbonyl (C=O) groups is 2. The van der Waals surface area contributed by atoms with E-state index in [9.17, 15) is 9.59 Å². The van der Waals surface area contributed by atoms with Crippen LogP contribution in [-0.4, -0.2) is 29.7 Å². The Labute approximate surface area is 102 Å². The second-order valence-corrected chi connectivity index (χ2v) is 5.79. The van der Waals surface area contributed by atoms with Gasteiger partial charge in [-0.05, 0) is 17.8 Å². The van der Waals surface area contributed by atoms with Crippen LogP contribution in [0.4, 0.5) is 4.79 Å². The third kappa shape index (κ3) is 3.91. The van der Waals surface area contributed by atoms with E-state index >= 15 is 0 Å². The zero-order valence-electron chi connectivity index (χ0n) is 10.9. The van der Waals surface area contributed by atoms with E-state index in [2.05, 4.69) is 24.5 Å². The average Bonchev–Trinajstić information content (AvgIpc) is 2.72. The Kier molecular flexibility index (Phi) is 4.01. The van der Waals surface area contributed by atoms with Gasteiger partial charge in [-0.15, -0.1) is 0 Å². The van der Waals surface area contributed by atoms with Crippen molar-refractivity contribution in [1.82, 2.24) is 10.6 Å². The molecule has 1 rings (SSSR count). The molecular formula is C12H22N2O3. The fourth-order valence-corrected chi connectivity index (χ4v) is 1.73. The average molecular weight is 242 g/mol. The molecule has 3 N–H and O–H groups in total. The summed E-state index contributed by atoms with van der Waals surface area (Å²) in [5, 5.41) is 14.4. The van der Waals surface area contributed by atoms with Gasteiger partial charge in [0.15, 0.2) is 0 Å². The van der Waals surface area contributed by atoms with Gasteiger partial charge in [0.25, 0.3) is 0 Å². The van der Waals surface area contributed by atoms with Crippen molar-refractivity contribution in [3.8, 4) is 0 Å². The van der Waals surface area contributed by atoms with Crippen molar-refractivity contribution in [1.29, 1.82) is 0 Å². The highest BCUT2D eigenvalue weighted by atomic mass is 16.4. The smallest absolute Gasteiger partial charge is 0.315 e. The number of carboxylic acid groups (broad SMARTS) is 1. The van der Waals surface area contributed by atoms with E-state index in [4.69, 9.17) is 5.11 Å². The molecule has 0 aromatic rings. The van der Waals surface area contributed by atoms with Crippen molar-refractivity contribution in [2.45, 2.75) is 40.2 Å². The molecule has 1 fully saturated rings. The molecule has 0 bridgehead atoms. The SMILES string of the molecule is CC(C)C(CNC(=O)NC1CC1(C)C)C(=O)O. The largest absolute Gasteiger partial charge is 0.481 e. The molecule has 5 heteroatoms. The summed E-state index contributed by atoms with van der Waals surface area (Å²) in [4.78, 5) is 22.4. The number of hydrogen-bond acceptors (Lipinski definition) is 2. The van der Waals surface area contributed by atoms with E-state index in [1.165, 1.54) is 0 Å². The highest BCUT2D eigenvalue weighted by molar-refractivity contribution is 5.76. The minimum atomic E-state index is -0.868. The van der Waals surface area contributed by atoms with Gasteiger partial charge in [-0.1, -0.05) is 27.7 Å². The Morgan fingerprint density at radius 1 is 1.41 bits per heavy atom. The normalized spacial score (nSPS) is 23.0. The molecule has 0 aromatic heterocycles. The summed E-state index contributed by atoms with van der Waals surface area (Å²) in [6.45, 7) is 8.02. The van der Waals surface area contributed by atoms with Crippen molar-refractivity contribution in [2.75, 3.05) is 6.54 Å². The zero-order chi connectivity index (χ0) is 13.2. The van der Waals surface area contributed by atoms with Crippen LogP contribution in [0.15, 0.2) is 0 Å². The van der Waals surface area contributed by atoms with Crippen LogP contribution >= 0.6 is 0 Å². The van der Waals surface area contributed by atoms with Gasteiger partial charge in [0.05, 0.1) is 5.92 Å². The number of rotatable bonds is 5. The molecule has 0 spiro atoms. The van der Waals surface area contributed by atoms with Crippen LogP contribution in [-0.2, 0) is 4.79 Å². The van der Waals surface area contributed by atoms with Gasteiger partial charge in [0, 0.05) is 12.6 Å². The van der Waals surface area contributed by atoms with Crippen molar-refractivity contribution in [2.24, 2.45) is 17.3 Å².